The number of hydrogen-bond donors (Lipinski definition) is 0. The molecule has 0 amide bonds. The van der Waals surface area contributed by atoms with Gasteiger partial charge in [0.05, 0.1) is 5.69 Å². The summed E-state index contributed by atoms with van der Waals surface area (Å²) in [6, 6.07) is 26.5. The van der Waals surface area contributed by atoms with Crippen molar-refractivity contribution in [3.8, 4) is 11.3 Å². The SMILES string of the molecule is Cc1ccc2c(c1)c1c(n2Cc2ccccc2)-c2ccccc2C1. The molecule has 0 aliphatic heterocycles. The topological polar surface area (TPSA) is 4.93 Å². The maximum atomic E-state index is 2.51. The highest BCUT2D eigenvalue weighted by Gasteiger charge is 2.26. The van der Waals surface area contributed by atoms with Crippen LogP contribution in [-0.2, 0) is 13.0 Å². The molecule has 0 unspecified atom stereocenters. The van der Waals surface area contributed by atoms with E-state index in [0.717, 1.165) is 13.0 Å². The summed E-state index contributed by atoms with van der Waals surface area (Å²) in [7, 11) is 0. The molecule has 1 aliphatic carbocycles. The van der Waals surface area contributed by atoms with Crippen LogP contribution in [0.3, 0.4) is 0 Å². The Hall–Kier alpha value is -2.80. The number of benzene rings is 3. The zero-order valence-electron chi connectivity index (χ0n) is 13.8. The first-order valence-electron chi connectivity index (χ1n) is 8.55. The van der Waals surface area contributed by atoms with Gasteiger partial charge >= 0.3 is 0 Å². The van der Waals surface area contributed by atoms with E-state index in [4.69, 9.17) is 0 Å². The highest BCUT2D eigenvalue weighted by molar-refractivity contribution is 5.95. The van der Waals surface area contributed by atoms with Crippen molar-refractivity contribution >= 4 is 10.9 Å². The fourth-order valence-corrected chi connectivity index (χ4v) is 4.05. The molecule has 0 bridgehead atoms. The molecule has 24 heavy (non-hydrogen) atoms. The summed E-state index contributed by atoms with van der Waals surface area (Å²) in [6.45, 7) is 3.10. The van der Waals surface area contributed by atoms with E-state index in [1.54, 1.807) is 0 Å². The van der Waals surface area contributed by atoms with E-state index >= 15 is 0 Å². The van der Waals surface area contributed by atoms with Crippen molar-refractivity contribution in [2.45, 2.75) is 19.9 Å². The number of fused-ring (bicyclic) bond motifs is 5. The molecule has 0 N–H and O–H groups in total. The second-order valence-corrected chi connectivity index (χ2v) is 6.75. The van der Waals surface area contributed by atoms with E-state index in [0.29, 0.717) is 0 Å². The van der Waals surface area contributed by atoms with E-state index in [-0.39, 0.29) is 0 Å². The van der Waals surface area contributed by atoms with Gasteiger partial charge in [-0.15, -0.1) is 0 Å². The van der Waals surface area contributed by atoms with Crippen molar-refractivity contribution in [1.82, 2.24) is 4.57 Å². The van der Waals surface area contributed by atoms with E-state index in [1.807, 2.05) is 0 Å². The Bertz CT molecular complexity index is 1050. The second kappa shape index (κ2) is 5.10. The molecule has 0 spiro atoms. The third-order valence-electron chi connectivity index (χ3n) is 5.15. The summed E-state index contributed by atoms with van der Waals surface area (Å²) in [6.07, 6.45) is 1.05. The van der Waals surface area contributed by atoms with Gasteiger partial charge in [-0.1, -0.05) is 66.2 Å². The number of aryl methyl sites for hydroxylation is 1. The lowest BCUT2D eigenvalue weighted by molar-refractivity contribution is 0.845. The van der Waals surface area contributed by atoms with E-state index in [2.05, 4.69) is 84.3 Å². The Morgan fingerprint density at radius 2 is 1.67 bits per heavy atom. The van der Waals surface area contributed by atoms with Crippen LogP contribution in [0.15, 0.2) is 72.8 Å². The molecule has 4 aromatic rings. The molecule has 3 aromatic carbocycles. The molecule has 5 rings (SSSR count). The van der Waals surface area contributed by atoms with Crippen molar-refractivity contribution in [2.75, 3.05) is 0 Å². The van der Waals surface area contributed by atoms with Gasteiger partial charge in [0, 0.05) is 29.4 Å². The molecule has 0 fully saturated rings. The first-order valence-corrected chi connectivity index (χ1v) is 8.55. The van der Waals surface area contributed by atoms with Crippen LogP contribution in [0.2, 0.25) is 0 Å². The van der Waals surface area contributed by atoms with Crippen LogP contribution in [0.5, 0.6) is 0 Å². The Morgan fingerprint density at radius 3 is 2.54 bits per heavy atom. The summed E-state index contributed by atoms with van der Waals surface area (Å²) in [5.74, 6) is 0. The minimum Gasteiger partial charge on any atom is -0.336 e. The molecular weight excluding hydrogens is 290 g/mol. The molecule has 1 heteroatoms. The van der Waals surface area contributed by atoms with Gasteiger partial charge in [-0.25, -0.2) is 0 Å². The van der Waals surface area contributed by atoms with E-state index in [9.17, 15) is 0 Å². The number of rotatable bonds is 2. The molecule has 0 radical (unpaired) electrons. The maximum Gasteiger partial charge on any atom is 0.0533 e. The van der Waals surface area contributed by atoms with Crippen molar-refractivity contribution < 1.29 is 0 Å². The van der Waals surface area contributed by atoms with Crippen molar-refractivity contribution in [2.24, 2.45) is 0 Å². The van der Waals surface area contributed by atoms with Crippen LogP contribution in [0.25, 0.3) is 22.2 Å². The molecule has 116 valence electrons. The Labute approximate surface area is 142 Å². The monoisotopic (exact) mass is 309 g/mol. The van der Waals surface area contributed by atoms with Gasteiger partial charge in [0.25, 0.3) is 0 Å². The zero-order chi connectivity index (χ0) is 16.1. The predicted molar refractivity (Wildman–Crippen MR) is 100 cm³/mol. The molecule has 1 heterocycles. The number of aromatic nitrogens is 1. The summed E-state index contributed by atoms with van der Waals surface area (Å²) in [5, 5.41) is 1.41. The van der Waals surface area contributed by atoms with Crippen LogP contribution in [0.4, 0.5) is 0 Å². The zero-order valence-corrected chi connectivity index (χ0v) is 13.8. The largest absolute Gasteiger partial charge is 0.336 e. The molecule has 0 atom stereocenters. The summed E-state index contributed by atoms with van der Waals surface area (Å²) >= 11 is 0. The Balaban J connectivity index is 1.80. The Morgan fingerprint density at radius 1 is 0.875 bits per heavy atom. The quantitative estimate of drug-likeness (QED) is 0.402. The minimum absolute atomic E-state index is 0.921. The highest BCUT2D eigenvalue weighted by atomic mass is 15.0. The van der Waals surface area contributed by atoms with Gasteiger partial charge in [-0.2, -0.15) is 0 Å². The summed E-state index contributed by atoms with van der Waals surface area (Å²) in [5.41, 5.74) is 9.79. The fourth-order valence-electron chi connectivity index (χ4n) is 4.05. The number of hydrogen-bond acceptors (Lipinski definition) is 0. The first-order chi connectivity index (χ1) is 11.8. The normalized spacial score (nSPS) is 12.4. The fraction of sp³-hybridized carbons (Fsp3) is 0.130. The molecule has 1 aliphatic rings. The third kappa shape index (κ3) is 1.94. The lowest BCUT2D eigenvalue weighted by atomic mass is 10.1. The number of nitrogens with zero attached hydrogens (tertiary/aromatic N) is 1. The lowest BCUT2D eigenvalue weighted by Gasteiger charge is -2.11. The lowest BCUT2D eigenvalue weighted by Crippen LogP contribution is -2.01. The van der Waals surface area contributed by atoms with Gasteiger partial charge < -0.3 is 4.57 Å². The average Bonchev–Trinajstić information content (AvgIpc) is 3.12. The molecule has 0 saturated carbocycles. The summed E-state index contributed by atoms with van der Waals surface area (Å²) < 4.78 is 2.51. The van der Waals surface area contributed by atoms with Crippen molar-refractivity contribution in [1.29, 1.82) is 0 Å². The van der Waals surface area contributed by atoms with Crippen LogP contribution >= 0.6 is 0 Å². The summed E-state index contributed by atoms with van der Waals surface area (Å²) in [4.78, 5) is 0. The van der Waals surface area contributed by atoms with Crippen LogP contribution in [0.1, 0.15) is 22.3 Å². The molecule has 1 aromatic heterocycles. The minimum atomic E-state index is 0.921. The van der Waals surface area contributed by atoms with Gasteiger partial charge in [-0.3, -0.25) is 0 Å². The highest BCUT2D eigenvalue weighted by Crippen LogP contribution is 2.43. The van der Waals surface area contributed by atoms with Crippen LogP contribution in [-0.4, -0.2) is 4.57 Å². The molecular formula is C23H19N. The molecule has 0 saturated heterocycles. The predicted octanol–water partition coefficient (Wildman–Crippen LogP) is 5.57. The van der Waals surface area contributed by atoms with Gasteiger partial charge in [0.15, 0.2) is 0 Å². The van der Waals surface area contributed by atoms with Gasteiger partial charge in [-0.05, 0) is 35.7 Å². The Kier molecular flexibility index (Phi) is 2.90. The smallest absolute Gasteiger partial charge is 0.0533 e. The van der Waals surface area contributed by atoms with Gasteiger partial charge in [0.1, 0.15) is 0 Å². The average molecular weight is 309 g/mol. The molecule has 1 nitrogen and oxygen atoms in total. The van der Waals surface area contributed by atoms with Crippen LogP contribution < -0.4 is 0 Å². The third-order valence-corrected chi connectivity index (χ3v) is 5.15. The van der Waals surface area contributed by atoms with E-state index < -0.39 is 0 Å². The van der Waals surface area contributed by atoms with Crippen molar-refractivity contribution in [3.05, 3.63) is 95.1 Å². The van der Waals surface area contributed by atoms with E-state index in [1.165, 1.54) is 44.4 Å². The van der Waals surface area contributed by atoms with Gasteiger partial charge in [0.2, 0.25) is 0 Å². The second-order valence-electron chi connectivity index (χ2n) is 6.75. The standard InChI is InChI=1S/C23H19N/c1-16-11-12-22-20(13-16)21-14-18-9-5-6-10-19(18)23(21)24(22)15-17-7-3-2-4-8-17/h2-13H,14-15H2,1H3. The van der Waals surface area contributed by atoms with Crippen molar-refractivity contribution in [3.63, 3.8) is 0 Å². The first kappa shape index (κ1) is 13.6. The van der Waals surface area contributed by atoms with Crippen LogP contribution in [0, 0.1) is 6.92 Å². The maximum absolute atomic E-state index is 2.51.